The average molecular weight is 379 g/mol. The van der Waals surface area contributed by atoms with Gasteiger partial charge in [-0.2, -0.15) is 5.10 Å². The number of hydrazine groups is 1. The number of aryl methyl sites for hydroxylation is 2. The molecule has 8 heteroatoms. The average Bonchev–Trinajstić information content (AvgIpc) is 3.17. The van der Waals surface area contributed by atoms with Crippen LogP contribution in [-0.4, -0.2) is 33.2 Å². The molecule has 0 radical (unpaired) electrons. The largest absolute Gasteiger partial charge is 0.484 e. The number of nitrogens with zero attached hydrogens (tertiary/aromatic N) is 3. The molecule has 3 rings (SSSR count). The van der Waals surface area contributed by atoms with E-state index in [1.807, 2.05) is 44.2 Å². The van der Waals surface area contributed by atoms with Gasteiger partial charge in [0.05, 0.1) is 6.54 Å². The van der Waals surface area contributed by atoms with E-state index < -0.39 is 11.8 Å². The van der Waals surface area contributed by atoms with Crippen molar-refractivity contribution in [2.75, 3.05) is 6.61 Å². The lowest BCUT2D eigenvalue weighted by Crippen LogP contribution is -2.43. The van der Waals surface area contributed by atoms with Crippen molar-refractivity contribution in [2.24, 2.45) is 0 Å². The maximum atomic E-state index is 12.1. The summed E-state index contributed by atoms with van der Waals surface area (Å²) in [4.78, 5) is 27.9. The van der Waals surface area contributed by atoms with Crippen molar-refractivity contribution in [3.8, 4) is 5.75 Å². The normalized spacial score (nSPS) is 10.4. The molecule has 2 aromatic carbocycles. The van der Waals surface area contributed by atoms with Crippen LogP contribution in [0, 0.1) is 13.8 Å². The summed E-state index contributed by atoms with van der Waals surface area (Å²) in [5.41, 5.74) is 8.23. The Kier molecular flexibility index (Phi) is 6.01. The van der Waals surface area contributed by atoms with Gasteiger partial charge in [0.15, 0.2) is 6.61 Å². The number of hydrogen-bond acceptors (Lipinski definition) is 5. The Labute approximate surface area is 162 Å². The van der Waals surface area contributed by atoms with E-state index in [0.717, 1.165) is 16.7 Å². The molecule has 1 aromatic heterocycles. The molecular weight excluding hydrogens is 358 g/mol. The lowest BCUT2D eigenvalue weighted by Gasteiger charge is -2.10. The van der Waals surface area contributed by atoms with E-state index in [1.165, 1.54) is 6.33 Å². The highest BCUT2D eigenvalue weighted by Gasteiger charge is 2.08. The van der Waals surface area contributed by atoms with Crippen LogP contribution in [-0.2, 0) is 11.3 Å². The van der Waals surface area contributed by atoms with Crippen LogP contribution in [0.2, 0.25) is 0 Å². The molecule has 0 saturated heterocycles. The predicted molar refractivity (Wildman–Crippen MR) is 103 cm³/mol. The number of carbonyl (C=O) groups excluding carboxylic acids is 2. The molecule has 0 unspecified atom stereocenters. The fraction of sp³-hybridized carbons (Fsp3) is 0.200. The molecule has 3 aromatic rings. The summed E-state index contributed by atoms with van der Waals surface area (Å²) in [6.07, 6.45) is 3.09. The molecule has 0 spiro atoms. The topological polar surface area (TPSA) is 98.1 Å². The molecule has 2 N–H and O–H groups in total. The smallest absolute Gasteiger partial charge is 0.276 e. The number of ether oxygens (including phenoxy) is 1. The Balaban J connectivity index is 1.45. The molecule has 0 bridgehead atoms. The van der Waals surface area contributed by atoms with Gasteiger partial charge in [-0.15, -0.1) is 0 Å². The first kappa shape index (κ1) is 19.1. The minimum atomic E-state index is -0.449. The van der Waals surface area contributed by atoms with Crippen LogP contribution in [0.15, 0.2) is 55.1 Å². The Bertz CT molecular complexity index is 932. The van der Waals surface area contributed by atoms with Crippen LogP contribution < -0.4 is 15.6 Å². The molecule has 0 aliphatic carbocycles. The minimum Gasteiger partial charge on any atom is -0.484 e. The van der Waals surface area contributed by atoms with Gasteiger partial charge < -0.3 is 4.74 Å². The minimum absolute atomic E-state index is 0.194. The van der Waals surface area contributed by atoms with Gasteiger partial charge >= 0.3 is 0 Å². The molecule has 0 aliphatic heterocycles. The summed E-state index contributed by atoms with van der Waals surface area (Å²) in [7, 11) is 0. The van der Waals surface area contributed by atoms with Gasteiger partial charge in [0.2, 0.25) is 0 Å². The lowest BCUT2D eigenvalue weighted by molar-refractivity contribution is -0.123. The van der Waals surface area contributed by atoms with Gasteiger partial charge in [-0.25, -0.2) is 9.67 Å². The van der Waals surface area contributed by atoms with Crippen molar-refractivity contribution in [1.29, 1.82) is 0 Å². The molecule has 0 aliphatic rings. The summed E-state index contributed by atoms with van der Waals surface area (Å²) >= 11 is 0. The van der Waals surface area contributed by atoms with Crippen molar-refractivity contribution in [2.45, 2.75) is 20.4 Å². The van der Waals surface area contributed by atoms with Crippen LogP contribution in [0.5, 0.6) is 5.75 Å². The third-order valence-electron chi connectivity index (χ3n) is 3.91. The number of rotatable bonds is 6. The zero-order valence-corrected chi connectivity index (χ0v) is 15.7. The number of nitrogens with one attached hydrogen (secondary N) is 2. The fourth-order valence-corrected chi connectivity index (χ4v) is 2.66. The van der Waals surface area contributed by atoms with Crippen LogP contribution in [0.4, 0.5) is 0 Å². The second-order valence-electron chi connectivity index (χ2n) is 6.40. The van der Waals surface area contributed by atoms with E-state index in [0.29, 0.717) is 17.9 Å². The first-order valence-corrected chi connectivity index (χ1v) is 8.71. The molecule has 0 atom stereocenters. The first-order valence-electron chi connectivity index (χ1n) is 8.71. The van der Waals surface area contributed by atoms with Gasteiger partial charge in [0, 0.05) is 5.56 Å². The lowest BCUT2D eigenvalue weighted by atomic mass is 10.1. The van der Waals surface area contributed by atoms with Crippen LogP contribution >= 0.6 is 0 Å². The van der Waals surface area contributed by atoms with Gasteiger partial charge in [-0.05, 0) is 54.8 Å². The standard InChI is InChI=1S/C20H21N5O3/c1-14-7-15(2)9-18(8-14)28-11-19(26)23-24-20(27)17-5-3-16(4-6-17)10-25-13-21-12-22-25/h3-9,12-13H,10-11H2,1-2H3,(H,23,26)(H,24,27). The van der Waals surface area contributed by atoms with Crippen LogP contribution in [0.3, 0.4) is 0 Å². The number of aromatic nitrogens is 3. The van der Waals surface area contributed by atoms with E-state index in [2.05, 4.69) is 20.9 Å². The summed E-state index contributed by atoms with van der Waals surface area (Å²) in [6, 6.07) is 12.7. The quantitative estimate of drug-likeness (QED) is 0.636. The number of benzene rings is 2. The molecule has 28 heavy (non-hydrogen) atoms. The molecule has 144 valence electrons. The van der Waals surface area contributed by atoms with Crippen molar-refractivity contribution in [3.63, 3.8) is 0 Å². The molecule has 2 amide bonds. The van der Waals surface area contributed by atoms with E-state index in [9.17, 15) is 9.59 Å². The van der Waals surface area contributed by atoms with E-state index in [1.54, 1.807) is 23.1 Å². The monoisotopic (exact) mass is 379 g/mol. The van der Waals surface area contributed by atoms with Crippen LogP contribution in [0.1, 0.15) is 27.0 Å². The third kappa shape index (κ3) is 5.41. The van der Waals surface area contributed by atoms with Gasteiger partial charge in [0.25, 0.3) is 11.8 Å². The van der Waals surface area contributed by atoms with E-state index >= 15 is 0 Å². The summed E-state index contributed by atoms with van der Waals surface area (Å²) in [6.45, 7) is 4.28. The van der Waals surface area contributed by atoms with Crippen molar-refractivity contribution in [3.05, 3.63) is 77.4 Å². The van der Waals surface area contributed by atoms with Crippen molar-refractivity contribution < 1.29 is 14.3 Å². The molecule has 1 heterocycles. The SMILES string of the molecule is Cc1cc(C)cc(OCC(=O)NNC(=O)c2ccc(Cn3cncn3)cc2)c1. The second-order valence-corrected chi connectivity index (χ2v) is 6.40. The molecule has 8 nitrogen and oxygen atoms in total. The Morgan fingerprint density at radius 1 is 1.04 bits per heavy atom. The third-order valence-corrected chi connectivity index (χ3v) is 3.91. The first-order chi connectivity index (χ1) is 13.5. The zero-order valence-electron chi connectivity index (χ0n) is 15.7. The summed E-state index contributed by atoms with van der Waals surface area (Å²) in [5, 5.41) is 4.03. The Morgan fingerprint density at radius 2 is 1.75 bits per heavy atom. The van der Waals surface area contributed by atoms with Gasteiger partial charge in [-0.3, -0.25) is 20.4 Å². The molecular formula is C20H21N5O3. The highest BCUT2D eigenvalue weighted by atomic mass is 16.5. The predicted octanol–water partition coefficient (Wildman–Crippen LogP) is 1.78. The van der Waals surface area contributed by atoms with Crippen LogP contribution in [0.25, 0.3) is 0 Å². The maximum Gasteiger partial charge on any atom is 0.276 e. The highest BCUT2D eigenvalue weighted by Crippen LogP contribution is 2.15. The summed E-state index contributed by atoms with van der Waals surface area (Å²) < 4.78 is 7.14. The van der Waals surface area contributed by atoms with Crippen molar-refractivity contribution in [1.82, 2.24) is 25.6 Å². The summed E-state index contributed by atoms with van der Waals surface area (Å²) in [5.74, 6) is -0.246. The molecule has 0 saturated carbocycles. The van der Waals surface area contributed by atoms with Crippen molar-refractivity contribution >= 4 is 11.8 Å². The number of carbonyl (C=O) groups is 2. The van der Waals surface area contributed by atoms with E-state index in [-0.39, 0.29) is 6.61 Å². The Morgan fingerprint density at radius 3 is 2.39 bits per heavy atom. The highest BCUT2D eigenvalue weighted by molar-refractivity contribution is 5.95. The van der Waals surface area contributed by atoms with Gasteiger partial charge in [-0.1, -0.05) is 18.2 Å². The Hall–Kier alpha value is -3.68. The number of amides is 2. The van der Waals surface area contributed by atoms with Gasteiger partial charge in [0.1, 0.15) is 18.4 Å². The second kappa shape index (κ2) is 8.81. The van der Waals surface area contributed by atoms with E-state index in [4.69, 9.17) is 4.74 Å². The number of hydrogen-bond donors (Lipinski definition) is 2. The fourth-order valence-electron chi connectivity index (χ4n) is 2.66. The molecule has 0 fully saturated rings. The maximum absolute atomic E-state index is 12.1. The zero-order chi connectivity index (χ0) is 19.9.